The molecule has 3 aliphatic rings. The van der Waals surface area contributed by atoms with E-state index in [1.807, 2.05) is 41.5 Å². The van der Waals surface area contributed by atoms with Crippen LogP contribution in [0.15, 0.2) is 34.6 Å². The smallest absolute Gasteiger partial charge is 0.410 e. The lowest BCUT2D eigenvalue weighted by molar-refractivity contribution is 0.0166. The Balaban J connectivity index is 1.42. The minimum absolute atomic E-state index is 0.0853. The predicted octanol–water partition coefficient (Wildman–Crippen LogP) is 4.90. The number of Topliss-reactive ketones (excluding diaryl/α,β-unsaturated/α-hetero) is 1. The van der Waals surface area contributed by atoms with Crippen LogP contribution in [-0.4, -0.2) is 70.7 Å². The zero-order valence-electron chi connectivity index (χ0n) is 21.2. The molecule has 0 aromatic carbocycles. The highest BCUT2D eigenvalue weighted by atomic mass is 16.6. The van der Waals surface area contributed by atoms with E-state index in [1.165, 1.54) is 11.3 Å². The molecule has 1 aromatic heterocycles. The van der Waals surface area contributed by atoms with Gasteiger partial charge in [0.05, 0.1) is 17.8 Å². The SMILES string of the molecule is CC(C)(C)OC(=O)N1CCN(C2=CC=C(C3=Nc4c(C(=O)C(C)(C)C)c[nH]c4NC3)CC2)CC1. The third kappa shape index (κ3) is 5.21. The van der Waals surface area contributed by atoms with Crippen molar-refractivity contribution in [1.82, 2.24) is 14.8 Å². The summed E-state index contributed by atoms with van der Waals surface area (Å²) in [5.41, 5.74) is 3.91. The first kappa shape index (κ1) is 24.1. The van der Waals surface area contributed by atoms with Crippen molar-refractivity contribution in [2.45, 2.75) is 60.0 Å². The number of hydrogen-bond acceptors (Lipinski definition) is 6. The van der Waals surface area contributed by atoms with E-state index in [0.717, 1.165) is 43.1 Å². The molecule has 1 aromatic rings. The molecular weight excluding hydrogens is 430 g/mol. The van der Waals surface area contributed by atoms with Crippen LogP contribution in [0.2, 0.25) is 0 Å². The number of rotatable bonds is 3. The highest BCUT2D eigenvalue weighted by Crippen LogP contribution is 2.37. The number of nitrogens with one attached hydrogen (secondary N) is 2. The molecule has 8 heteroatoms. The van der Waals surface area contributed by atoms with Crippen molar-refractivity contribution in [2.75, 3.05) is 38.0 Å². The lowest BCUT2D eigenvalue weighted by Gasteiger charge is -2.38. The van der Waals surface area contributed by atoms with Crippen molar-refractivity contribution >= 4 is 29.1 Å². The molecule has 0 saturated carbocycles. The summed E-state index contributed by atoms with van der Waals surface area (Å²) >= 11 is 0. The van der Waals surface area contributed by atoms with Gasteiger partial charge in [-0.3, -0.25) is 4.79 Å². The minimum atomic E-state index is -0.472. The molecule has 8 nitrogen and oxygen atoms in total. The maximum atomic E-state index is 12.9. The summed E-state index contributed by atoms with van der Waals surface area (Å²) < 4.78 is 5.50. The number of H-pyrrole nitrogens is 1. The highest BCUT2D eigenvalue weighted by Gasteiger charge is 2.30. The lowest BCUT2D eigenvalue weighted by atomic mass is 9.87. The Hall–Kier alpha value is -3.03. The number of ketones is 1. The van der Waals surface area contributed by atoms with E-state index in [-0.39, 0.29) is 11.9 Å². The Morgan fingerprint density at radius 3 is 2.29 bits per heavy atom. The predicted molar refractivity (Wildman–Crippen MR) is 135 cm³/mol. The minimum Gasteiger partial charge on any atom is -0.444 e. The summed E-state index contributed by atoms with van der Waals surface area (Å²) in [6.07, 6.45) is 7.71. The van der Waals surface area contributed by atoms with Crippen LogP contribution in [0.3, 0.4) is 0 Å². The second kappa shape index (κ2) is 8.96. The quantitative estimate of drug-likeness (QED) is 0.617. The van der Waals surface area contributed by atoms with Gasteiger partial charge in [-0.25, -0.2) is 9.79 Å². The number of aromatic amines is 1. The standard InChI is InChI=1S/C26H37N5O3/c1-25(2,3)22(32)19-15-27-23-21(19)29-20(16-28-23)17-7-9-18(10-8-17)30-11-13-31(14-12-30)24(33)34-26(4,5)6/h7,9,15,27-28H,8,10-14,16H2,1-6H3. The van der Waals surface area contributed by atoms with Gasteiger partial charge >= 0.3 is 6.09 Å². The molecule has 34 heavy (non-hydrogen) atoms. The molecule has 0 radical (unpaired) electrons. The Labute approximate surface area is 202 Å². The van der Waals surface area contributed by atoms with Crippen LogP contribution >= 0.6 is 0 Å². The number of carbonyl (C=O) groups excluding carboxylic acids is 2. The number of nitrogens with zero attached hydrogens (tertiary/aromatic N) is 3. The molecule has 2 N–H and O–H groups in total. The zero-order valence-corrected chi connectivity index (χ0v) is 21.2. The van der Waals surface area contributed by atoms with Crippen LogP contribution in [0.4, 0.5) is 16.3 Å². The molecule has 184 valence electrons. The number of amides is 1. The van der Waals surface area contributed by atoms with Crippen molar-refractivity contribution in [3.63, 3.8) is 0 Å². The Morgan fingerprint density at radius 1 is 1.00 bits per heavy atom. The van der Waals surface area contributed by atoms with Crippen molar-refractivity contribution in [3.05, 3.63) is 35.2 Å². The van der Waals surface area contributed by atoms with Crippen molar-refractivity contribution in [2.24, 2.45) is 10.4 Å². The van der Waals surface area contributed by atoms with Gasteiger partial charge in [0.25, 0.3) is 0 Å². The Morgan fingerprint density at radius 2 is 1.71 bits per heavy atom. The average molecular weight is 468 g/mol. The van der Waals surface area contributed by atoms with E-state index in [9.17, 15) is 9.59 Å². The van der Waals surface area contributed by atoms with Crippen LogP contribution in [0, 0.1) is 5.41 Å². The van der Waals surface area contributed by atoms with Gasteiger partial charge in [0.1, 0.15) is 17.1 Å². The van der Waals surface area contributed by atoms with Gasteiger partial charge in [-0.15, -0.1) is 0 Å². The van der Waals surface area contributed by atoms with Gasteiger partial charge in [-0.1, -0.05) is 26.8 Å². The molecule has 4 rings (SSSR count). The monoisotopic (exact) mass is 467 g/mol. The third-order valence-electron chi connectivity index (χ3n) is 6.29. The van der Waals surface area contributed by atoms with Crippen LogP contribution in [-0.2, 0) is 4.74 Å². The summed E-state index contributed by atoms with van der Waals surface area (Å²) in [5.74, 6) is 0.897. The molecule has 0 spiro atoms. The first-order valence-electron chi connectivity index (χ1n) is 12.1. The number of ether oxygens (including phenoxy) is 1. The summed E-state index contributed by atoms with van der Waals surface area (Å²) in [6, 6.07) is 0. The number of piperazine rings is 1. The maximum absolute atomic E-state index is 12.9. The van der Waals surface area contributed by atoms with E-state index in [0.29, 0.717) is 25.2 Å². The van der Waals surface area contributed by atoms with Gasteiger partial charge in [-0.05, 0) is 45.3 Å². The van der Waals surface area contributed by atoms with Crippen LogP contribution in [0.25, 0.3) is 0 Å². The molecule has 0 bridgehead atoms. The first-order valence-corrected chi connectivity index (χ1v) is 12.1. The second-order valence-corrected chi connectivity index (χ2v) is 11.2. The molecule has 1 amide bonds. The Bertz CT molecular complexity index is 1060. The maximum Gasteiger partial charge on any atom is 0.410 e. The fourth-order valence-electron chi connectivity index (χ4n) is 4.41. The van der Waals surface area contributed by atoms with E-state index in [4.69, 9.17) is 9.73 Å². The molecule has 2 aliphatic heterocycles. The molecule has 1 aliphatic carbocycles. The summed E-state index contributed by atoms with van der Waals surface area (Å²) in [4.78, 5) is 37.4. The van der Waals surface area contributed by atoms with Gasteiger partial charge in [0, 0.05) is 43.5 Å². The van der Waals surface area contributed by atoms with Crippen LogP contribution in [0.5, 0.6) is 0 Å². The number of aromatic nitrogens is 1. The fraction of sp³-hybridized carbons (Fsp3) is 0.577. The number of aliphatic imine (C=N–C) groups is 1. The first-order chi connectivity index (χ1) is 15.9. The second-order valence-electron chi connectivity index (χ2n) is 11.2. The number of fused-ring (bicyclic) bond motifs is 1. The van der Waals surface area contributed by atoms with Crippen LogP contribution in [0.1, 0.15) is 64.7 Å². The number of anilines is 1. The number of hydrogen-bond donors (Lipinski definition) is 2. The molecular formula is C26H37N5O3. The zero-order chi connectivity index (χ0) is 24.7. The molecule has 1 saturated heterocycles. The van der Waals surface area contributed by atoms with Crippen molar-refractivity contribution in [1.29, 1.82) is 0 Å². The average Bonchev–Trinajstić information content (AvgIpc) is 3.20. The molecule has 0 atom stereocenters. The molecule has 3 heterocycles. The van der Waals surface area contributed by atoms with E-state index in [1.54, 1.807) is 11.1 Å². The van der Waals surface area contributed by atoms with Crippen molar-refractivity contribution < 1.29 is 14.3 Å². The summed E-state index contributed by atoms with van der Waals surface area (Å²) in [7, 11) is 0. The van der Waals surface area contributed by atoms with E-state index >= 15 is 0 Å². The van der Waals surface area contributed by atoms with Gasteiger partial charge < -0.3 is 24.8 Å². The highest BCUT2D eigenvalue weighted by molar-refractivity contribution is 6.12. The lowest BCUT2D eigenvalue weighted by Crippen LogP contribution is -2.49. The van der Waals surface area contributed by atoms with E-state index < -0.39 is 11.0 Å². The largest absolute Gasteiger partial charge is 0.444 e. The van der Waals surface area contributed by atoms with Crippen molar-refractivity contribution in [3.8, 4) is 0 Å². The molecule has 1 fully saturated rings. The molecule has 0 unspecified atom stereocenters. The van der Waals surface area contributed by atoms with Gasteiger partial charge in [0.2, 0.25) is 0 Å². The van der Waals surface area contributed by atoms with E-state index in [2.05, 4.69) is 27.4 Å². The summed E-state index contributed by atoms with van der Waals surface area (Å²) in [6.45, 7) is 15.1. The number of allylic oxidation sites excluding steroid dienone is 3. The normalized spacial score (nSPS) is 18.9. The Kier molecular flexibility index (Phi) is 6.36. The van der Waals surface area contributed by atoms with Gasteiger partial charge in [0.15, 0.2) is 5.78 Å². The topological polar surface area (TPSA) is 90.0 Å². The van der Waals surface area contributed by atoms with Gasteiger partial charge in [-0.2, -0.15) is 0 Å². The third-order valence-corrected chi connectivity index (χ3v) is 6.29. The fourth-order valence-corrected chi connectivity index (χ4v) is 4.41. The summed E-state index contributed by atoms with van der Waals surface area (Å²) in [5, 5.41) is 3.38. The van der Waals surface area contributed by atoms with Crippen LogP contribution < -0.4 is 5.32 Å². The number of carbonyl (C=O) groups is 2.